The van der Waals surface area contributed by atoms with Crippen molar-refractivity contribution in [3.8, 4) is 11.3 Å². The summed E-state index contributed by atoms with van der Waals surface area (Å²) in [5, 5.41) is 3.16. The van der Waals surface area contributed by atoms with Crippen LogP contribution in [0.4, 0.5) is 0 Å². The van der Waals surface area contributed by atoms with E-state index in [4.69, 9.17) is 4.74 Å². The zero-order valence-electron chi connectivity index (χ0n) is 11.0. The van der Waals surface area contributed by atoms with E-state index in [1.165, 1.54) is 0 Å². The summed E-state index contributed by atoms with van der Waals surface area (Å²) in [6.45, 7) is 1.92. The highest BCUT2D eigenvalue weighted by Crippen LogP contribution is 2.14. The maximum absolute atomic E-state index is 12.0. The van der Waals surface area contributed by atoms with Crippen molar-refractivity contribution in [2.24, 2.45) is 0 Å². The van der Waals surface area contributed by atoms with E-state index in [0.717, 1.165) is 23.4 Å². The van der Waals surface area contributed by atoms with Crippen LogP contribution in [-0.2, 0) is 11.3 Å². The minimum absolute atomic E-state index is 0.0498. The van der Waals surface area contributed by atoms with Crippen LogP contribution < -0.4 is 10.9 Å². The van der Waals surface area contributed by atoms with Gasteiger partial charge in [-0.3, -0.25) is 4.79 Å². The molecule has 0 bridgehead atoms. The van der Waals surface area contributed by atoms with Gasteiger partial charge in [-0.05, 0) is 11.6 Å². The SMILES string of the molecule is COCCNCc1ccc(-c2ccccc2)[nH]c1=O. The van der Waals surface area contributed by atoms with Gasteiger partial charge in [0.25, 0.3) is 5.56 Å². The number of hydrogen-bond acceptors (Lipinski definition) is 3. The molecule has 0 aliphatic rings. The van der Waals surface area contributed by atoms with Crippen LogP contribution in [0.2, 0.25) is 0 Å². The number of methoxy groups -OCH3 is 1. The third kappa shape index (κ3) is 3.77. The van der Waals surface area contributed by atoms with Gasteiger partial charge in [-0.2, -0.15) is 0 Å². The molecule has 0 atom stereocenters. The van der Waals surface area contributed by atoms with Crippen LogP contribution in [0.15, 0.2) is 47.3 Å². The summed E-state index contributed by atoms with van der Waals surface area (Å²) in [5.74, 6) is 0. The minimum Gasteiger partial charge on any atom is -0.383 e. The summed E-state index contributed by atoms with van der Waals surface area (Å²) in [6.07, 6.45) is 0. The van der Waals surface area contributed by atoms with Crippen molar-refractivity contribution in [3.63, 3.8) is 0 Å². The highest BCUT2D eigenvalue weighted by Gasteiger charge is 2.02. The Hall–Kier alpha value is -1.91. The Morgan fingerprint density at radius 2 is 1.95 bits per heavy atom. The monoisotopic (exact) mass is 258 g/mol. The van der Waals surface area contributed by atoms with Crippen LogP contribution in [0, 0.1) is 0 Å². The number of pyridine rings is 1. The number of benzene rings is 1. The van der Waals surface area contributed by atoms with Gasteiger partial charge in [0, 0.05) is 31.5 Å². The van der Waals surface area contributed by atoms with E-state index in [2.05, 4.69) is 10.3 Å². The Kier molecular flexibility index (Phi) is 4.89. The number of H-pyrrole nitrogens is 1. The number of aromatic amines is 1. The molecule has 0 saturated carbocycles. The topological polar surface area (TPSA) is 54.1 Å². The molecule has 2 aromatic rings. The number of rotatable bonds is 6. The Balaban J connectivity index is 2.07. The average Bonchev–Trinajstić information content (AvgIpc) is 2.46. The lowest BCUT2D eigenvalue weighted by molar-refractivity contribution is 0.199. The molecule has 1 aromatic heterocycles. The second kappa shape index (κ2) is 6.87. The van der Waals surface area contributed by atoms with E-state index in [0.29, 0.717) is 13.2 Å². The van der Waals surface area contributed by atoms with Gasteiger partial charge >= 0.3 is 0 Å². The van der Waals surface area contributed by atoms with Gasteiger partial charge in [0.2, 0.25) is 0 Å². The summed E-state index contributed by atoms with van der Waals surface area (Å²) in [7, 11) is 1.66. The molecular formula is C15H18N2O2. The maximum Gasteiger partial charge on any atom is 0.252 e. The van der Waals surface area contributed by atoms with E-state index < -0.39 is 0 Å². The Bertz CT molecular complexity index is 564. The maximum atomic E-state index is 12.0. The molecular weight excluding hydrogens is 240 g/mol. The van der Waals surface area contributed by atoms with E-state index in [-0.39, 0.29) is 5.56 Å². The first kappa shape index (κ1) is 13.5. The van der Waals surface area contributed by atoms with Gasteiger partial charge in [-0.25, -0.2) is 0 Å². The molecule has 100 valence electrons. The van der Waals surface area contributed by atoms with Crippen molar-refractivity contribution in [2.45, 2.75) is 6.54 Å². The lowest BCUT2D eigenvalue weighted by Crippen LogP contribution is -2.23. The van der Waals surface area contributed by atoms with Crippen molar-refractivity contribution in [1.29, 1.82) is 0 Å². The van der Waals surface area contributed by atoms with E-state index in [1.54, 1.807) is 7.11 Å². The molecule has 2 N–H and O–H groups in total. The van der Waals surface area contributed by atoms with Gasteiger partial charge in [0.15, 0.2) is 0 Å². The number of aromatic nitrogens is 1. The molecule has 19 heavy (non-hydrogen) atoms. The number of nitrogens with one attached hydrogen (secondary N) is 2. The van der Waals surface area contributed by atoms with Gasteiger partial charge in [-0.1, -0.05) is 36.4 Å². The second-order valence-electron chi connectivity index (χ2n) is 4.26. The molecule has 1 heterocycles. The first-order chi connectivity index (χ1) is 9.31. The fourth-order valence-electron chi connectivity index (χ4n) is 1.83. The Labute approximate surface area is 112 Å². The summed E-state index contributed by atoms with van der Waals surface area (Å²) in [4.78, 5) is 14.9. The van der Waals surface area contributed by atoms with Gasteiger partial charge in [-0.15, -0.1) is 0 Å². The highest BCUT2D eigenvalue weighted by atomic mass is 16.5. The molecule has 0 amide bonds. The first-order valence-electron chi connectivity index (χ1n) is 6.28. The van der Waals surface area contributed by atoms with E-state index >= 15 is 0 Å². The zero-order valence-corrected chi connectivity index (χ0v) is 11.0. The number of ether oxygens (including phenoxy) is 1. The molecule has 4 heteroatoms. The standard InChI is InChI=1S/C15H18N2O2/c1-19-10-9-16-11-13-7-8-14(17-15(13)18)12-5-3-2-4-6-12/h2-8,16H,9-11H2,1H3,(H,17,18). The molecule has 0 aliphatic heterocycles. The van der Waals surface area contributed by atoms with Crippen LogP contribution in [0.25, 0.3) is 11.3 Å². The summed E-state index contributed by atoms with van der Waals surface area (Å²) < 4.78 is 4.94. The average molecular weight is 258 g/mol. The van der Waals surface area contributed by atoms with Crippen molar-refractivity contribution in [3.05, 3.63) is 58.4 Å². The summed E-state index contributed by atoms with van der Waals surface area (Å²) in [6, 6.07) is 13.6. The predicted molar refractivity (Wildman–Crippen MR) is 76.1 cm³/mol. The molecule has 0 unspecified atom stereocenters. The van der Waals surface area contributed by atoms with Crippen molar-refractivity contribution < 1.29 is 4.74 Å². The quantitative estimate of drug-likeness (QED) is 0.777. The van der Waals surface area contributed by atoms with Crippen LogP contribution in [-0.4, -0.2) is 25.2 Å². The molecule has 0 radical (unpaired) electrons. The predicted octanol–water partition coefficient (Wildman–Crippen LogP) is 1.78. The lowest BCUT2D eigenvalue weighted by atomic mass is 10.1. The third-order valence-corrected chi connectivity index (χ3v) is 2.87. The summed E-state index contributed by atoms with van der Waals surface area (Å²) in [5.41, 5.74) is 2.53. The second-order valence-corrected chi connectivity index (χ2v) is 4.26. The van der Waals surface area contributed by atoms with Crippen LogP contribution in [0.1, 0.15) is 5.56 Å². The molecule has 1 aromatic carbocycles. The molecule has 4 nitrogen and oxygen atoms in total. The van der Waals surface area contributed by atoms with Crippen LogP contribution in [0.3, 0.4) is 0 Å². The molecule has 2 rings (SSSR count). The fourth-order valence-corrected chi connectivity index (χ4v) is 1.83. The normalized spacial score (nSPS) is 10.6. The Morgan fingerprint density at radius 3 is 2.63 bits per heavy atom. The van der Waals surface area contributed by atoms with Gasteiger partial charge in [0.1, 0.15) is 0 Å². The summed E-state index contributed by atoms with van der Waals surface area (Å²) >= 11 is 0. The molecule has 0 saturated heterocycles. The zero-order chi connectivity index (χ0) is 13.5. The molecule has 0 spiro atoms. The van der Waals surface area contributed by atoms with Crippen molar-refractivity contribution >= 4 is 0 Å². The highest BCUT2D eigenvalue weighted by molar-refractivity contribution is 5.58. The lowest BCUT2D eigenvalue weighted by Gasteiger charge is -2.05. The minimum atomic E-state index is -0.0498. The largest absolute Gasteiger partial charge is 0.383 e. The molecule has 0 fully saturated rings. The molecule has 0 aliphatic carbocycles. The van der Waals surface area contributed by atoms with Crippen molar-refractivity contribution in [1.82, 2.24) is 10.3 Å². The van der Waals surface area contributed by atoms with Gasteiger partial charge < -0.3 is 15.0 Å². The third-order valence-electron chi connectivity index (χ3n) is 2.87. The smallest absolute Gasteiger partial charge is 0.252 e. The number of hydrogen-bond donors (Lipinski definition) is 2. The first-order valence-corrected chi connectivity index (χ1v) is 6.28. The van der Waals surface area contributed by atoms with Crippen molar-refractivity contribution in [2.75, 3.05) is 20.3 Å². The van der Waals surface area contributed by atoms with Crippen LogP contribution in [0.5, 0.6) is 0 Å². The van der Waals surface area contributed by atoms with Gasteiger partial charge in [0.05, 0.1) is 6.61 Å². The van der Waals surface area contributed by atoms with Crippen LogP contribution >= 0.6 is 0 Å². The van der Waals surface area contributed by atoms with E-state index in [9.17, 15) is 4.79 Å². The Morgan fingerprint density at radius 1 is 1.16 bits per heavy atom. The fraction of sp³-hybridized carbons (Fsp3) is 0.267. The van der Waals surface area contributed by atoms with E-state index in [1.807, 2.05) is 42.5 Å².